The van der Waals surface area contributed by atoms with Crippen LogP contribution in [-0.2, 0) is 6.42 Å². The molecule has 2 aliphatic carbocycles. The summed E-state index contributed by atoms with van der Waals surface area (Å²) in [4.78, 5) is 2.69. The van der Waals surface area contributed by atoms with Crippen molar-refractivity contribution in [2.45, 2.75) is 37.3 Å². The SMILES string of the molecule is NCC12CC(CN1C1CCc3c(Cl)cccc31)C2. The fraction of sp³-hybridized carbons (Fsp3) is 0.600. The minimum Gasteiger partial charge on any atom is -0.329 e. The van der Waals surface area contributed by atoms with Crippen molar-refractivity contribution in [1.82, 2.24) is 4.90 Å². The molecule has 0 aromatic heterocycles. The number of fused-ring (bicyclic) bond motifs is 2. The smallest absolute Gasteiger partial charge is 0.0441 e. The van der Waals surface area contributed by atoms with Crippen LogP contribution in [0.25, 0.3) is 0 Å². The van der Waals surface area contributed by atoms with E-state index in [2.05, 4.69) is 17.0 Å². The van der Waals surface area contributed by atoms with Gasteiger partial charge in [0.2, 0.25) is 0 Å². The second-order valence-corrected chi connectivity index (χ2v) is 6.62. The van der Waals surface area contributed by atoms with Crippen LogP contribution in [0.15, 0.2) is 18.2 Å². The second-order valence-electron chi connectivity index (χ2n) is 6.22. The summed E-state index contributed by atoms with van der Waals surface area (Å²) >= 11 is 6.31. The van der Waals surface area contributed by atoms with Gasteiger partial charge in [-0.1, -0.05) is 23.7 Å². The molecule has 2 bridgehead atoms. The first-order valence-corrected chi connectivity index (χ1v) is 7.35. The quantitative estimate of drug-likeness (QED) is 0.888. The average molecular weight is 263 g/mol. The molecule has 2 N–H and O–H groups in total. The monoisotopic (exact) mass is 262 g/mol. The summed E-state index contributed by atoms with van der Waals surface area (Å²) in [6.45, 7) is 2.06. The molecule has 3 heteroatoms. The summed E-state index contributed by atoms with van der Waals surface area (Å²) in [5.74, 6) is 0.900. The lowest BCUT2D eigenvalue weighted by Crippen LogP contribution is -2.52. The molecule has 5 rings (SSSR count). The predicted octanol–water partition coefficient (Wildman–Crippen LogP) is 2.75. The molecule has 0 radical (unpaired) electrons. The molecule has 2 saturated heterocycles. The molecular weight excluding hydrogens is 244 g/mol. The summed E-state index contributed by atoms with van der Waals surface area (Å²) < 4.78 is 0. The summed E-state index contributed by atoms with van der Waals surface area (Å²) in [7, 11) is 0. The number of benzene rings is 1. The molecule has 1 atom stereocenters. The van der Waals surface area contributed by atoms with Crippen LogP contribution in [0.2, 0.25) is 5.02 Å². The molecule has 2 aliphatic heterocycles. The molecule has 18 heavy (non-hydrogen) atoms. The predicted molar refractivity (Wildman–Crippen MR) is 73.7 cm³/mol. The van der Waals surface area contributed by atoms with E-state index >= 15 is 0 Å². The van der Waals surface area contributed by atoms with Gasteiger partial charge in [0.05, 0.1) is 0 Å². The van der Waals surface area contributed by atoms with E-state index in [1.54, 1.807) is 0 Å². The Kier molecular flexibility index (Phi) is 2.33. The van der Waals surface area contributed by atoms with Crippen molar-refractivity contribution in [1.29, 1.82) is 0 Å². The van der Waals surface area contributed by atoms with Gasteiger partial charge in [0.1, 0.15) is 0 Å². The lowest BCUT2D eigenvalue weighted by molar-refractivity contribution is 0.0777. The fourth-order valence-electron chi connectivity index (χ4n) is 4.50. The van der Waals surface area contributed by atoms with Gasteiger partial charge in [0.15, 0.2) is 0 Å². The van der Waals surface area contributed by atoms with E-state index in [1.807, 2.05) is 6.07 Å². The standard InChI is InChI=1S/C15H19ClN2/c16-13-3-1-2-12-11(13)4-5-14(12)18-8-10-6-15(18,7-10)9-17/h1-3,10,14H,4-9,17H2. The second kappa shape index (κ2) is 3.72. The van der Waals surface area contributed by atoms with Crippen molar-refractivity contribution in [2.75, 3.05) is 13.1 Å². The average Bonchev–Trinajstić information content (AvgIpc) is 2.97. The minimum absolute atomic E-state index is 0.319. The van der Waals surface area contributed by atoms with Crippen molar-refractivity contribution < 1.29 is 0 Å². The molecule has 4 aliphatic rings. The molecule has 0 amide bonds. The maximum Gasteiger partial charge on any atom is 0.0441 e. The van der Waals surface area contributed by atoms with Gasteiger partial charge in [-0.15, -0.1) is 0 Å². The lowest BCUT2D eigenvalue weighted by atomic mass is 9.73. The maximum atomic E-state index is 6.31. The number of rotatable bonds is 2. The Hall–Kier alpha value is -0.570. The zero-order chi connectivity index (χ0) is 12.3. The highest BCUT2D eigenvalue weighted by atomic mass is 35.5. The Morgan fingerprint density at radius 2 is 2.22 bits per heavy atom. The van der Waals surface area contributed by atoms with Crippen LogP contribution < -0.4 is 5.73 Å². The van der Waals surface area contributed by atoms with Gasteiger partial charge in [0.25, 0.3) is 0 Å². The zero-order valence-electron chi connectivity index (χ0n) is 10.5. The van der Waals surface area contributed by atoms with Gasteiger partial charge < -0.3 is 5.73 Å². The number of nitrogens with zero attached hydrogens (tertiary/aromatic N) is 1. The van der Waals surface area contributed by atoms with E-state index in [0.29, 0.717) is 11.6 Å². The van der Waals surface area contributed by atoms with E-state index in [1.165, 1.54) is 36.9 Å². The van der Waals surface area contributed by atoms with Crippen LogP contribution in [0.4, 0.5) is 0 Å². The van der Waals surface area contributed by atoms with E-state index in [-0.39, 0.29) is 0 Å². The summed E-state index contributed by atoms with van der Waals surface area (Å²) in [6.07, 6.45) is 4.97. The first kappa shape index (κ1) is 11.3. The Labute approximate surface area is 113 Å². The topological polar surface area (TPSA) is 29.3 Å². The highest BCUT2D eigenvalue weighted by Crippen LogP contribution is 2.55. The molecule has 1 saturated carbocycles. The largest absolute Gasteiger partial charge is 0.329 e. The normalized spacial score (nSPS) is 37.7. The molecule has 1 aromatic rings. The van der Waals surface area contributed by atoms with Crippen molar-refractivity contribution in [3.63, 3.8) is 0 Å². The van der Waals surface area contributed by atoms with Crippen LogP contribution >= 0.6 is 11.6 Å². The third-order valence-corrected chi connectivity index (χ3v) is 5.69. The molecule has 1 aromatic carbocycles. The van der Waals surface area contributed by atoms with E-state index in [4.69, 9.17) is 17.3 Å². The van der Waals surface area contributed by atoms with Gasteiger partial charge in [-0.2, -0.15) is 0 Å². The zero-order valence-corrected chi connectivity index (χ0v) is 11.3. The highest BCUT2D eigenvalue weighted by molar-refractivity contribution is 6.31. The summed E-state index contributed by atoms with van der Waals surface area (Å²) in [5.41, 5.74) is 9.20. The number of nitrogens with two attached hydrogens (primary N) is 1. The van der Waals surface area contributed by atoms with Crippen molar-refractivity contribution in [2.24, 2.45) is 11.7 Å². The van der Waals surface area contributed by atoms with Gasteiger partial charge in [0, 0.05) is 29.7 Å². The first-order chi connectivity index (χ1) is 8.73. The maximum absolute atomic E-state index is 6.31. The third-order valence-electron chi connectivity index (χ3n) is 5.34. The Morgan fingerprint density at radius 3 is 3.00 bits per heavy atom. The van der Waals surface area contributed by atoms with Crippen LogP contribution in [0.5, 0.6) is 0 Å². The van der Waals surface area contributed by atoms with Crippen LogP contribution in [-0.4, -0.2) is 23.5 Å². The Bertz CT molecular complexity index is 493. The molecule has 1 unspecified atom stereocenters. The van der Waals surface area contributed by atoms with E-state index in [0.717, 1.165) is 23.9 Å². The van der Waals surface area contributed by atoms with Crippen LogP contribution in [0.1, 0.15) is 36.4 Å². The van der Waals surface area contributed by atoms with Crippen LogP contribution in [0.3, 0.4) is 0 Å². The minimum atomic E-state index is 0.319. The molecule has 0 spiro atoms. The Morgan fingerprint density at radius 1 is 1.39 bits per heavy atom. The van der Waals surface area contributed by atoms with Gasteiger partial charge in [-0.3, -0.25) is 4.90 Å². The van der Waals surface area contributed by atoms with E-state index in [9.17, 15) is 0 Å². The van der Waals surface area contributed by atoms with Gasteiger partial charge in [-0.05, 0) is 48.8 Å². The molecule has 2 heterocycles. The summed E-state index contributed by atoms with van der Waals surface area (Å²) in [5, 5.41) is 0.948. The molecule has 96 valence electrons. The van der Waals surface area contributed by atoms with Crippen LogP contribution in [0, 0.1) is 5.92 Å². The first-order valence-electron chi connectivity index (χ1n) is 6.98. The van der Waals surface area contributed by atoms with Gasteiger partial charge >= 0.3 is 0 Å². The molecule has 2 nitrogen and oxygen atoms in total. The van der Waals surface area contributed by atoms with Crippen molar-refractivity contribution >= 4 is 11.6 Å². The number of halogens is 1. The van der Waals surface area contributed by atoms with Gasteiger partial charge in [-0.25, -0.2) is 0 Å². The van der Waals surface area contributed by atoms with E-state index < -0.39 is 0 Å². The number of hydrogen-bond acceptors (Lipinski definition) is 2. The molecule has 3 fully saturated rings. The third kappa shape index (κ3) is 1.31. The number of hydrogen-bond donors (Lipinski definition) is 1. The Balaban J connectivity index is 1.71. The lowest BCUT2D eigenvalue weighted by Gasteiger charge is -2.44. The van der Waals surface area contributed by atoms with Crippen molar-refractivity contribution in [3.05, 3.63) is 34.3 Å². The fourth-order valence-corrected chi connectivity index (χ4v) is 4.78. The molecular formula is C15H19ClN2. The highest BCUT2D eigenvalue weighted by Gasteiger charge is 2.57. The van der Waals surface area contributed by atoms with Crippen molar-refractivity contribution in [3.8, 4) is 0 Å². The summed E-state index contributed by atoms with van der Waals surface area (Å²) in [6, 6.07) is 6.94.